The van der Waals surface area contributed by atoms with E-state index in [2.05, 4.69) is 0 Å². The Bertz CT molecular complexity index is 280. The van der Waals surface area contributed by atoms with Crippen molar-refractivity contribution in [3.8, 4) is 0 Å². The van der Waals surface area contributed by atoms with E-state index in [0.29, 0.717) is 6.42 Å². The van der Waals surface area contributed by atoms with Gasteiger partial charge in [-0.3, -0.25) is 9.36 Å². The molecule has 0 aliphatic rings. The highest BCUT2D eigenvalue weighted by Gasteiger charge is 2.42. The van der Waals surface area contributed by atoms with Crippen molar-refractivity contribution in [3.05, 3.63) is 0 Å². The summed E-state index contributed by atoms with van der Waals surface area (Å²) in [6.45, 7) is 9.81. The summed E-state index contributed by atoms with van der Waals surface area (Å²) >= 11 is 0. The van der Waals surface area contributed by atoms with Crippen LogP contribution in [-0.4, -0.2) is 31.4 Å². The molecule has 0 bridgehead atoms. The Morgan fingerprint density at radius 2 is 1.56 bits per heavy atom. The summed E-state index contributed by atoms with van der Waals surface area (Å²) < 4.78 is 28.1. The Balaban J connectivity index is 5.09. The average Bonchev–Trinajstić information content (AvgIpc) is 2.26. The molecule has 0 amide bonds. The van der Waals surface area contributed by atoms with E-state index in [4.69, 9.17) is 13.8 Å². The molecule has 1 unspecified atom stereocenters. The Hall–Kier alpha value is -0.380. The molecular formula is C12H25O5P. The van der Waals surface area contributed by atoms with Crippen molar-refractivity contribution in [2.75, 3.05) is 19.8 Å². The molecule has 6 heteroatoms. The van der Waals surface area contributed by atoms with Gasteiger partial charge in [0.1, 0.15) is 0 Å². The summed E-state index contributed by atoms with van der Waals surface area (Å²) in [4.78, 5) is 11.9. The molecule has 5 nitrogen and oxygen atoms in total. The van der Waals surface area contributed by atoms with Gasteiger partial charge in [-0.2, -0.15) is 0 Å². The fourth-order valence-electron chi connectivity index (χ4n) is 1.62. The van der Waals surface area contributed by atoms with Crippen LogP contribution in [0.2, 0.25) is 0 Å². The summed E-state index contributed by atoms with van der Waals surface area (Å²) in [5.41, 5.74) is -0.836. The van der Waals surface area contributed by atoms with Crippen molar-refractivity contribution < 1.29 is 23.1 Å². The monoisotopic (exact) mass is 280 g/mol. The largest absolute Gasteiger partial charge is 0.465 e. The number of esters is 1. The van der Waals surface area contributed by atoms with Gasteiger partial charge in [0, 0.05) is 0 Å². The van der Waals surface area contributed by atoms with E-state index in [1.165, 1.54) is 0 Å². The zero-order valence-corrected chi connectivity index (χ0v) is 12.9. The van der Waals surface area contributed by atoms with Crippen LogP contribution >= 0.6 is 7.60 Å². The Kier molecular flexibility index (Phi) is 8.49. The lowest BCUT2D eigenvalue weighted by atomic mass is 10.1. The van der Waals surface area contributed by atoms with Crippen LogP contribution in [0.25, 0.3) is 0 Å². The fourth-order valence-corrected chi connectivity index (χ4v) is 3.78. The number of carbonyl (C=O) groups is 1. The van der Waals surface area contributed by atoms with Gasteiger partial charge < -0.3 is 13.8 Å². The van der Waals surface area contributed by atoms with E-state index in [-0.39, 0.29) is 25.7 Å². The standard InChI is InChI=1S/C12H25O5P/c1-6-15-12(13)11(9-10(4)5)18(14,16-7-2)17-8-3/h10-11H,6-9H2,1-5H3. The second-order valence-corrected chi connectivity index (χ2v) is 6.49. The van der Waals surface area contributed by atoms with Crippen LogP contribution < -0.4 is 0 Å². The van der Waals surface area contributed by atoms with Crippen LogP contribution in [0, 0.1) is 5.92 Å². The van der Waals surface area contributed by atoms with Gasteiger partial charge in [-0.15, -0.1) is 0 Å². The van der Waals surface area contributed by atoms with Crippen molar-refractivity contribution in [2.24, 2.45) is 5.92 Å². The van der Waals surface area contributed by atoms with E-state index >= 15 is 0 Å². The first-order valence-corrected chi connectivity index (χ1v) is 8.07. The molecule has 0 aliphatic heterocycles. The van der Waals surface area contributed by atoms with Crippen LogP contribution in [0.15, 0.2) is 0 Å². The molecule has 0 saturated heterocycles. The predicted molar refractivity (Wildman–Crippen MR) is 70.7 cm³/mol. The minimum Gasteiger partial charge on any atom is -0.465 e. The maximum Gasteiger partial charge on any atom is 0.344 e. The number of ether oxygens (including phenoxy) is 1. The molecule has 1 atom stereocenters. The van der Waals surface area contributed by atoms with Gasteiger partial charge in [-0.25, -0.2) is 0 Å². The highest BCUT2D eigenvalue weighted by molar-refractivity contribution is 7.55. The van der Waals surface area contributed by atoms with E-state index in [9.17, 15) is 9.36 Å². The molecule has 0 saturated carbocycles. The molecule has 0 N–H and O–H groups in total. The molecule has 0 aromatic rings. The molecule has 18 heavy (non-hydrogen) atoms. The third-order valence-electron chi connectivity index (χ3n) is 2.25. The van der Waals surface area contributed by atoms with Crippen LogP contribution in [-0.2, 0) is 23.1 Å². The molecule has 0 spiro atoms. The highest BCUT2D eigenvalue weighted by Crippen LogP contribution is 2.55. The molecule has 0 fully saturated rings. The second kappa shape index (κ2) is 8.68. The Labute approximate surface area is 110 Å². The molecule has 0 rings (SSSR count). The molecule has 0 aromatic heterocycles. The van der Waals surface area contributed by atoms with Gasteiger partial charge in [-0.05, 0) is 33.1 Å². The SMILES string of the molecule is CCOC(=O)C(CC(C)C)P(=O)(OCC)OCC. The highest BCUT2D eigenvalue weighted by atomic mass is 31.2. The summed E-state index contributed by atoms with van der Waals surface area (Å²) in [5.74, 6) is -0.301. The minimum absolute atomic E-state index is 0.202. The number of hydrogen-bond donors (Lipinski definition) is 0. The molecule has 108 valence electrons. The zero-order valence-electron chi connectivity index (χ0n) is 12.0. The Morgan fingerprint density at radius 3 is 1.89 bits per heavy atom. The molecule has 0 aliphatic carbocycles. The number of rotatable bonds is 9. The van der Waals surface area contributed by atoms with E-state index < -0.39 is 19.2 Å². The lowest BCUT2D eigenvalue weighted by molar-refractivity contribution is -0.143. The van der Waals surface area contributed by atoms with Gasteiger partial charge in [0.25, 0.3) is 0 Å². The molecule has 0 radical (unpaired) electrons. The molecular weight excluding hydrogens is 255 g/mol. The third-order valence-corrected chi connectivity index (χ3v) is 4.67. The normalized spacial score (nSPS) is 13.7. The van der Waals surface area contributed by atoms with Crippen molar-refractivity contribution in [1.82, 2.24) is 0 Å². The molecule has 0 heterocycles. The smallest absolute Gasteiger partial charge is 0.344 e. The van der Waals surface area contributed by atoms with Gasteiger partial charge in [-0.1, -0.05) is 13.8 Å². The van der Waals surface area contributed by atoms with Crippen molar-refractivity contribution in [1.29, 1.82) is 0 Å². The summed E-state index contributed by atoms with van der Waals surface area (Å²) in [6, 6.07) is 0. The van der Waals surface area contributed by atoms with Crippen LogP contribution in [0.1, 0.15) is 41.0 Å². The number of carbonyl (C=O) groups excluding carboxylic acids is 1. The summed E-state index contributed by atoms with van der Waals surface area (Å²) in [6.07, 6.45) is 0.427. The van der Waals surface area contributed by atoms with Crippen molar-refractivity contribution in [2.45, 2.75) is 46.7 Å². The lowest BCUT2D eigenvalue weighted by Crippen LogP contribution is -2.27. The van der Waals surface area contributed by atoms with Crippen molar-refractivity contribution >= 4 is 13.6 Å². The first-order chi connectivity index (χ1) is 8.41. The fraction of sp³-hybridized carbons (Fsp3) is 0.917. The maximum atomic E-state index is 12.6. The summed E-state index contributed by atoms with van der Waals surface area (Å²) in [7, 11) is -3.44. The van der Waals surface area contributed by atoms with Gasteiger partial charge in [0.2, 0.25) is 0 Å². The quantitative estimate of drug-likeness (QED) is 0.479. The summed E-state index contributed by atoms with van der Waals surface area (Å²) in [5, 5.41) is 0. The van der Waals surface area contributed by atoms with Crippen LogP contribution in [0.5, 0.6) is 0 Å². The lowest BCUT2D eigenvalue weighted by Gasteiger charge is -2.25. The van der Waals surface area contributed by atoms with Crippen LogP contribution in [0.4, 0.5) is 0 Å². The van der Waals surface area contributed by atoms with Gasteiger partial charge in [0.15, 0.2) is 5.66 Å². The zero-order chi connectivity index (χ0) is 14.2. The van der Waals surface area contributed by atoms with E-state index in [0.717, 1.165) is 0 Å². The van der Waals surface area contributed by atoms with Crippen molar-refractivity contribution in [3.63, 3.8) is 0 Å². The first kappa shape index (κ1) is 17.6. The van der Waals surface area contributed by atoms with E-state index in [1.807, 2.05) is 13.8 Å². The predicted octanol–water partition coefficient (Wildman–Crippen LogP) is 3.23. The minimum atomic E-state index is -3.44. The van der Waals surface area contributed by atoms with E-state index in [1.54, 1.807) is 20.8 Å². The third kappa shape index (κ3) is 5.51. The van der Waals surface area contributed by atoms with Gasteiger partial charge >= 0.3 is 13.6 Å². The second-order valence-electron chi connectivity index (χ2n) is 4.27. The maximum absolute atomic E-state index is 12.6. The topological polar surface area (TPSA) is 61.8 Å². The van der Waals surface area contributed by atoms with Crippen LogP contribution in [0.3, 0.4) is 0 Å². The Morgan fingerprint density at radius 1 is 1.06 bits per heavy atom. The average molecular weight is 280 g/mol. The first-order valence-electron chi connectivity index (χ1n) is 6.46. The van der Waals surface area contributed by atoms with Gasteiger partial charge in [0.05, 0.1) is 19.8 Å². The molecule has 0 aromatic carbocycles. The number of hydrogen-bond acceptors (Lipinski definition) is 5.